The lowest BCUT2D eigenvalue weighted by Crippen LogP contribution is -2.54. The number of anilines is 1. The molecular formula is C14H23N5O. The summed E-state index contributed by atoms with van der Waals surface area (Å²) in [5.74, 6) is 7.21. The van der Waals surface area contributed by atoms with Crippen LogP contribution in [0.4, 0.5) is 5.69 Å². The lowest BCUT2D eigenvalue weighted by molar-refractivity contribution is 0.367. The van der Waals surface area contributed by atoms with E-state index in [1.165, 1.54) is 0 Å². The van der Waals surface area contributed by atoms with E-state index >= 15 is 0 Å². The molecule has 0 aliphatic carbocycles. The van der Waals surface area contributed by atoms with E-state index in [1.54, 1.807) is 7.11 Å². The molecular weight excluding hydrogens is 254 g/mol. The molecule has 0 unspecified atom stereocenters. The SMILES string of the molecule is CCN=C(NN)N1CCN(c2ccccc2OC)CC1. The molecule has 1 fully saturated rings. The first kappa shape index (κ1) is 14.5. The molecule has 0 radical (unpaired) electrons. The van der Waals surface area contributed by atoms with Crippen LogP contribution >= 0.6 is 0 Å². The summed E-state index contributed by atoms with van der Waals surface area (Å²) in [6, 6.07) is 8.11. The van der Waals surface area contributed by atoms with Gasteiger partial charge in [0.25, 0.3) is 0 Å². The molecule has 0 aromatic heterocycles. The van der Waals surface area contributed by atoms with Crippen LogP contribution in [0.25, 0.3) is 0 Å². The Bertz CT molecular complexity index is 455. The molecule has 20 heavy (non-hydrogen) atoms. The van der Waals surface area contributed by atoms with E-state index < -0.39 is 0 Å². The van der Waals surface area contributed by atoms with Gasteiger partial charge in [-0.05, 0) is 19.1 Å². The van der Waals surface area contributed by atoms with Crippen molar-refractivity contribution >= 4 is 11.6 Å². The third-order valence-electron chi connectivity index (χ3n) is 3.44. The Labute approximate surface area is 120 Å². The van der Waals surface area contributed by atoms with Gasteiger partial charge in [-0.2, -0.15) is 0 Å². The van der Waals surface area contributed by atoms with Crippen molar-refractivity contribution in [3.63, 3.8) is 0 Å². The average molecular weight is 277 g/mol. The predicted molar refractivity (Wildman–Crippen MR) is 82.1 cm³/mol. The van der Waals surface area contributed by atoms with Crippen LogP contribution in [0.5, 0.6) is 5.75 Å². The highest BCUT2D eigenvalue weighted by atomic mass is 16.5. The van der Waals surface area contributed by atoms with E-state index in [0.29, 0.717) is 0 Å². The third-order valence-corrected chi connectivity index (χ3v) is 3.44. The van der Waals surface area contributed by atoms with Gasteiger partial charge < -0.3 is 14.5 Å². The Morgan fingerprint density at radius 1 is 1.30 bits per heavy atom. The molecule has 3 N–H and O–H groups in total. The van der Waals surface area contributed by atoms with Crippen molar-refractivity contribution in [3.05, 3.63) is 24.3 Å². The topological polar surface area (TPSA) is 66.1 Å². The van der Waals surface area contributed by atoms with E-state index in [4.69, 9.17) is 10.6 Å². The number of hydrogen-bond donors (Lipinski definition) is 2. The monoisotopic (exact) mass is 277 g/mol. The lowest BCUT2D eigenvalue weighted by Gasteiger charge is -2.37. The molecule has 1 aliphatic rings. The molecule has 1 aromatic carbocycles. The number of aliphatic imine (C=N–C) groups is 1. The molecule has 0 saturated carbocycles. The van der Waals surface area contributed by atoms with Gasteiger partial charge in [-0.1, -0.05) is 12.1 Å². The minimum atomic E-state index is 0.728. The Morgan fingerprint density at radius 3 is 2.60 bits per heavy atom. The number of hydrazine groups is 1. The number of hydrogen-bond acceptors (Lipinski definition) is 4. The van der Waals surface area contributed by atoms with Gasteiger partial charge in [0.2, 0.25) is 5.96 Å². The minimum Gasteiger partial charge on any atom is -0.495 e. The highest BCUT2D eigenvalue weighted by molar-refractivity contribution is 5.79. The summed E-state index contributed by atoms with van der Waals surface area (Å²) in [7, 11) is 1.71. The maximum Gasteiger partial charge on any atom is 0.208 e. The van der Waals surface area contributed by atoms with E-state index in [0.717, 1.165) is 50.1 Å². The zero-order valence-corrected chi connectivity index (χ0v) is 12.2. The standard InChI is InChI=1S/C14H23N5O/c1-3-16-14(17-15)19-10-8-18(9-11-19)12-6-4-5-7-13(12)20-2/h4-7H,3,8-11,15H2,1-2H3,(H,16,17). The van der Waals surface area contributed by atoms with Crippen molar-refractivity contribution in [3.8, 4) is 5.75 Å². The van der Waals surface area contributed by atoms with Crippen LogP contribution in [-0.2, 0) is 0 Å². The molecule has 0 bridgehead atoms. The maximum absolute atomic E-state index is 5.53. The minimum absolute atomic E-state index is 0.728. The van der Waals surface area contributed by atoms with E-state index in [1.807, 2.05) is 25.1 Å². The molecule has 1 saturated heterocycles. The fourth-order valence-corrected chi connectivity index (χ4v) is 2.44. The largest absolute Gasteiger partial charge is 0.495 e. The normalized spacial score (nSPS) is 16.2. The molecule has 6 nitrogen and oxygen atoms in total. The van der Waals surface area contributed by atoms with Crippen LogP contribution in [0, 0.1) is 0 Å². The molecule has 0 spiro atoms. The maximum atomic E-state index is 5.53. The highest BCUT2D eigenvalue weighted by Crippen LogP contribution is 2.28. The van der Waals surface area contributed by atoms with Gasteiger partial charge in [0.05, 0.1) is 12.8 Å². The number of methoxy groups -OCH3 is 1. The van der Waals surface area contributed by atoms with Crippen LogP contribution in [0.1, 0.15) is 6.92 Å². The Hall–Kier alpha value is -1.95. The molecule has 2 rings (SSSR count). The van der Waals surface area contributed by atoms with Gasteiger partial charge in [0.1, 0.15) is 5.75 Å². The van der Waals surface area contributed by atoms with E-state index in [2.05, 4.69) is 26.3 Å². The number of guanidine groups is 1. The summed E-state index contributed by atoms with van der Waals surface area (Å²) in [4.78, 5) is 8.87. The molecule has 6 heteroatoms. The average Bonchev–Trinajstić information content (AvgIpc) is 2.53. The smallest absolute Gasteiger partial charge is 0.208 e. The summed E-state index contributed by atoms with van der Waals surface area (Å²) < 4.78 is 5.42. The van der Waals surface area contributed by atoms with Gasteiger partial charge in [0.15, 0.2) is 0 Å². The Morgan fingerprint density at radius 2 is 2.00 bits per heavy atom. The number of nitrogens with two attached hydrogens (primary N) is 1. The lowest BCUT2D eigenvalue weighted by atomic mass is 10.2. The van der Waals surface area contributed by atoms with E-state index in [9.17, 15) is 0 Å². The Kier molecular flexibility index (Phi) is 5.06. The van der Waals surface area contributed by atoms with Gasteiger partial charge in [-0.3, -0.25) is 10.4 Å². The molecule has 0 atom stereocenters. The number of nitrogens with one attached hydrogen (secondary N) is 1. The van der Waals surface area contributed by atoms with Crippen molar-refractivity contribution in [2.24, 2.45) is 10.8 Å². The highest BCUT2D eigenvalue weighted by Gasteiger charge is 2.21. The fourth-order valence-electron chi connectivity index (χ4n) is 2.44. The Balaban J connectivity index is 2.02. The first-order valence-corrected chi connectivity index (χ1v) is 6.94. The fraction of sp³-hybridized carbons (Fsp3) is 0.500. The zero-order valence-electron chi connectivity index (χ0n) is 12.2. The first-order chi connectivity index (χ1) is 9.80. The van der Waals surface area contributed by atoms with Crippen LogP contribution in [0.15, 0.2) is 29.3 Å². The number of para-hydroxylation sites is 2. The molecule has 110 valence electrons. The second-order valence-electron chi connectivity index (χ2n) is 4.59. The number of piperazine rings is 1. The molecule has 1 aliphatic heterocycles. The second kappa shape index (κ2) is 7.00. The van der Waals surface area contributed by atoms with Crippen molar-refractivity contribution in [1.82, 2.24) is 10.3 Å². The third kappa shape index (κ3) is 3.14. The molecule has 1 aromatic rings. The summed E-state index contributed by atoms with van der Waals surface area (Å²) in [6.07, 6.45) is 0. The number of rotatable bonds is 3. The van der Waals surface area contributed by atoms with Crippen molar-refractivity contribution in [1.29, 1.82) is 0 Å². The van der Waals surface area contributed by atoms with Gasteiger partial charge in [-0.25, -0.2) is 5.84 Å². The van der Waals surface area contributed by atoms with E-state index in [-0.39, 0.29) is 0 Å². The van der Waals surface area contributed by atoms with Gasteiger partial charge in [0, 0.05) is 32.7 Å². The quantitative estimate of drug-likeness (QED) is 0.368. The van der Waals surface area contributed by atoms with Gasteiger partial charge >= 0.3 is 0 Å². The second-order valence-corrected chi connectivity index (χ2v) is 4.59. The van der Waals surface area contributed by atoms with Crippen LogP contribution in [0.2, 0.25) is 0 Å². The molecule has 1 heterocycles. The summed E-state index contributed by atoms with van der Waals surface area (Å²) in [6.45, 7) is 6.35. The van der Waals surface area contributed by atoms with Crippen molar-refractivity contribution < 1.29 is 4.74 Å². The van der Waals surface area contributed by atoms with Crippen LogP contribution in [-0.4, -0.2) is 50.7 Å². The number of benzene rings is 1. The van der Waals surface area contributed by atoms with Gasteiger partial charge in [-0.15, -0.1) is 0 Å². The number of nitrogens with zero attached hydrogens (tertiary/aromatic N) is 3. The summed E-state index contributed by atoms with van der Waals surface area (Å²) in [5, 5.41) is 0. The summed E-state index contributed by atoms with van der Waals surface area (Å²) in [5.41, 5.74) is 3.83. The zero-order chi connectivity index (χ0) is 14.4. The van der Waals surface area contributed by atoms with Crippen molar-refractivity contribution in [2.75, 3.05) is 44.7 Å². The first-order valence-electron chi connectivity index (χ1n) is 6.94. The summed E-state index contributed by atoms with van der Waals surface area (Å²) >= 11 is 0. The molecule has 0 amide bonds. The van der Waals surface area contributed by atoms with Crippen molar-refractivity contribution in [2.45, 2.75) is 6.92 Å². The van der Waals surface area contributed by atoms with Crippen LogP contribution in [0.3, 0.4) is 0 Å². The van der Waals surface area contributed by atoms with Crippen LogP contribution < -0.4 is 20.9 Å². The number of ether oxygens (including phenoxy) is 1. The predicted octanol–water partition coefficient (Wildman–Crippen LogP) is 0.656.